The van der Waals surface area contributed by atoms with Crippen LogP contribution in [-0.2, 0) is 14.3 Å². The average Bonchev–Trinajstić information content (AvgIpc) is 2.45. The summed E-state index contributed by atoms with van der Waals surface area (Å²) in [6.45, 7) is 5.57. The number of carbonyl (C=O) groups excluding carboxylic acids is 1. The van der Waals surface area contributed by atoms with Crippen LogP contribution in [0.3, 0.4) is 0 Å². The van der Waals surface area contributed by atoms with Crippen molar-refractivity contribution in [1.29, 1.82) is 0 Å². The van der Waals surface area contributed by atoms with Gasteiger partial charge in [-0.05, 0) is 57.1 Å². The zero-order chi connectivity index (χ0) is 13.9. The smallest absolute Gasteiger partial charge is 0.158 e. The number of ether oxygens (including phenoxy) is 2. The van der Waals surface area contributed by atoms with E-state index in [9.17, 15) is 4.79 Å². The minimum Gasteiger partial charge on any atom is -0.353 e. The SMILES string of the molecule is CC/C(C)=C\CC/C(=C/C=O)COC1CCCCO1. The predicted octanol–water partition coefficient (Wildman–Crippen LogP) is 3.79. The molecule has 0 amide bonds. The van der Waals surface area contributed by atoms with Gasteiger partial charge in [0.25, 0.3) is 0 Å². The maximum absolute atomic E-state index is 10.6. The number of carbonyl (C=O) groups is 1. The number of allylic oxidation sites excluding steroid dienone is 3. The number of rotatable bonds is 8. The van der Waals surface area contributed by atoms with Crippen molar-refractivity contribution in [3.05, 3.63) is 23.3 Å². The fraction of sp³-hybridized carbons (Fsp3) is 0.688. The molecular formula is C16H26O3. The van der Waals surface area contributed by atoms with Crippen molar-refractivity contribution >= 4 is 6.29 Å². The van der Waals surface area contributed by atoms with E-state index in [4.69, 9.17) is 9.47 Å². The second-order valence-corrected chi connectivity index (χ2v) is 5.01. The van der Waals surface area contributed by atoms with Crippen LogP contribution in [-0.4, -0.2) is 25.8 Å². The van der Waals surface area contributed by atoms with E-state index in [1.54, 1.807) is 6.08 Å². The molecule has 0 radical (unpaired) electrons. The third-order valence-corrected chi connectivity index (χ3v) is 3.41. The zero-order valence-electron chi connectivity index (χ0n) is 12.2. The van der Waals surface area contributed by atoms with Gasteiger partial charge in [-0.2, -0.15) is 0 Å². The van der Waals surface area contributed by atoms with Crippen molar-refractivity contribution in [2.45, 2.75) is 58.7 Å². The molecular weight excluding hydrogens is 240 g/mol. The first-order valence-electron chi connectivity index (χ1n) is 7.28. The molecule has 1 rings (SSSR count). The van der Waals surface area contributed by atoms with Crippen LogP contribution in [0.4, 0.5) is 0 Å². The molecule has 0 aliphatic carbocycles. The van der Waals surface area contributed by atoms with Crippen LogP contribution in [0.1, 0.15) is 52.4 Å². The Bertz CT molecular complexity index is 312. The van der Waals surface area contributed by atoms with Crippen LogP contribution in [0.25, 0.3) is 0 Å². The molecule has 1 aliphatic rings. The largest absolute Gasteiger partial charge is 0.353 e. The van der Waals surface area contributed by atoms with Gasteiger partial charge in [0, 0.05) is 6.61 Å². The molecule has 0 saturated carbocycles. The van der Waals surface area contributed by atoms with Crippen LogP contribution in [0.5, 0.6) is 0 Å². The maximum Gasteiger partial charge on any atom is 0.158 e. The van der Waals surface area contributed by atoms with E-state index in [0.717, 1.165) is 57.0 Å². The molecule has 0 N–H and O–H groups in total. The highest BCUT2D eigenvalue weighted by Crippen LogP contribution is 2.16. The monoisotopic (exact) mass is 266 g/mol. The quantitative estimate of drug-likeness (QED) is 0.381. The summed E-state index contributed by atoms with van der Waals surface area (Å²) in [5.41, 5.74) is 2.44. The Morgan fingerprint density at radius 3 is 2.89 bits per heavy atom. The average molecular weight is 266 g/mol. The first kappa shape index (κ1) is 16.1. The van der Waals surface area contributed by atoms with Gasteiger partial charge in [0.05, 0.1) is 6.61 Å². The van der Waals surface area contributed by atoms with Crippen molar-refractivity contribution in [3.8, 4) is 0 Å². The summed E-state index contributed by atoms with van der Waals surface area (Å²) >= 11 is 0. The molecule has 1 aliphatic heterocycles. The van der Waals surface area contributed by atoms with Gasteiger partial charge >= 0.3 is 0 Å². The van der Waals surface area contributed by atoms with Crippen LogP contribution in [0.2, 0.25) is 0 Å². The van der Waals surface area contributed by atoms with Gasteiger partial charge in [-0.3, -0.25) is 4.79 Å². The molecule has 3 nitrogen and oxygen atoms in total. The molecule has 1 unspecified atom stereocenters. The van der Waals surface area contributed by atoms with Crippen molar-refractivity contribution < 1.29 is 14.3 Å². The Labute approximate surface area is 116 Å². The summed E-state index contributed by atoms with van der Waals surface area (Å²) in [4.78, 5) is 10.6. The number of hydrogen-bond acceptors (Lipinski definition) is 3. The van der Waals surface area contributed by atoms with Gasteiger partial charge in [-0.25, -0.2) is 0 Å². The first-order chi connectivity index (χ1) is 9.26. The third kappa shape index (κ3) is 7.28. The molecule has 0 aromatic heterocycles. The second-order valence-electron chi connectivity index (χ2n) is 5.01. The van der Waals surface area contributed by atoms with Crippen LogP contribution < -0.4 is 0 Å². The molecule has 1 fully saturated rings. The zero-order valence-corrected chi connectivity index (χ0v) is 12.2. The van der Waals surface area contributed by atoms with Crippen molar-refractivity contribution in [2.75, 3.05) is 13.2 Å². The Morgan fingerprint density at radius 2 is 2.26 bits per heavy atom. The third-order valence-electron chi connectivity index (χ3n) is 3.41. The van der Waals surface area contributed by atoms with E-state index in [-0.39, 0.29) is 6.29 Å². The van der Waals surface area contributed by atoms with E-state index in [1.807, 2.05) is 0 Å². The molecule has 3 heteroatoms. The topological polar surface area (TPSA) is 35.5 Å². The lowest BCUT2D eigenvalue weighted by Crippen LogP contribution is -2.23. The van der Waals surface area contributed by atoms with Crippen LogP contribution >= 0.6 is 0 Å². The highest BCUT2D eigenvalue weighted by atomic mass is 16.7. The van der Waals surface area contributed by atoms with Crippen LogP contribution in [0, 0.1) is 0 Å². The van der Waals surface area contributed by atoms with Gasteiger partial charge in [-0.15, -0.1) is 0 Å². The molecule has 0 spiro atoms. The molecule has 1 saturated heterocycles. The molecule has 0 bridgehead atoms. The molecule has 0 aromatic carbocycles. The first-order valence-corrected chi connectivity index (χ1v) is 7.28. The lowest BCUT2D eigenvalue weighted by atomic mass is 10.1. The van der Waals surface area contributed by atoms with Gasteiger partial charge in [0.15, 0.2) is 6.29 Å². The lowest BCUT2D eigenvalue weighted by molar-refractivity contribution is -0.157. The summed E-state index contributed by atoms with van der Waals surface area (Å²) in [5.74, 6) is 0. The summed E-state index contributed by atoms with van der Waals surface area (Å²) in [6, 6.07) is 0. The molecule has 1 atom stereocenters. The minimum absolute atomic E-state index is 0.0864. The molecule has 19 heavy (non-hydrogen) atoms. The van der Waals surface area contributed by atoms with Crippen LogP contribution in [0.15, 0.2) is 23.3 Å². The Kier molecular flexibility index (Phi) is 8.43. The van der Waals surface area contributed by atoms with Crippen molar-refractivity contribution in [2.24, 2.45) is 0 Å². The van der Waals surface area contributed by atoms with E-state index in [2.05, 4.69) is 19.9 Å². The number of hydrogen-bond donors (Lipinski definition) is 0. The Morgan fingerprint density at radius 1 is 1.42 bits per heavy atom. The highest BCUT2D eigenvalue weighted by Gasteiger charge is 2.14. The molecule has 1 heterocycles. The predicted molar refractivity (Wildman–Crippen MR) is 77.0 cm³/mol. The standard InChI is InChI=1S/C16H26O3/c1-3-14(2)7-6-8-15(10-11-17)13-19-16-9-4-5-12-18-16/h7,10-11,16H,3-6,8-9,12-13H2,1-2H3/b14-7-,15-10-. The lowest BCUT2D eigenvalue weighted by Gasteiger charge is -2.23. The van der Waals surface area contributed by atoms with Gasteiger partial charge in [-0.1, -0.05) is 18.6 Å². The van der Waals surface area contributed by atoms with Crippen molar-refractivity contribution in [1.82, 2.24) is 0 Å². The Balaban J connectivity index is 2.31. The summed E-state index contributed by atoms with van der Waals surface area (Å²) in [5, 5.41) is 0. The Hall–Kier alpha value is -0.930. The van der Waals surface area contributed by atoms with E-state index < -0.39 is 0 Å². The van der Waals surface area contributed by atoms with E-state index in [1.165, 1.54) is 5.57 Å². The summed E-state index contributed by atoms with van der Waals surface area (Å²) in [6.07, 6.45) is 10.8. The molecule has 0 aromatic rings. The van der Waals surface area contributed by atoms with E-state index >= 15 is 0 Å². The highest BCUT2D eigenvalue weighted by molar-refractivity contribution is 5.66. The van der Waals surface area contributed by atoms with Gasteiger partial charge in [0.2, 0.25) is 0 Å². The van der Waals surface area contributed by atoms with Gasteiger partial charge < -0.3 is 9.47 Å². The minimum atomic E-state index is -0.0864. The number of aldehydes is 1. The fourth-order valence-electron chi connectivity index (χ4n) is 1.99. The summed E-state index contributed by atoms with van der Waals surface area (Å²) in [7, 11) is 0. The fourth-order valence-corrected chi connectivity index (χ4v) is 1.99. The van der Waals surface area contributed by atoms with E-state index in [0.29, 0.717) is 6.61 Å². The maximum atomic E-state index is 10.6. The van der Waals surface area contributed by atoms with Crippen molar-refractivity contribution in [3.63, 3.8) is 0 Å². The summed E-state index contributed by atoms with van der Waals surface area (Å²) < 4.78 is 11.2. The second kappa shape index (κ2) is 9.93. The normalized spacial score (nSPS) is 21.5. The van der Waals surface area contributed by atoms with Gasteiger partial charge in [0.1, 0.15) is 6.29 Å². The molecule has 108 valence electrons.